The number of amides is 3. The van der Waals surface area contributed by atoms with Gasteiger partial charge in [0.1, 0.15) is 5.75 Å². The summed E-state index contributed by atoms with van der Waals surface area (Å²) in [6.07, 6.45) is 5.85. The van der Waals surface area contributed by atoms with E-state index in [1.165, 1.54) is 17.4 Å². The number of carbonyl (C=O) groups is 3. The molecule has 0 aliphatic carbocycles. The molecular weight excluding hydrogens is 406 g/mol. The minimum Gasteiger partial charge on any atom is -0.507 e. The van der Waals surface area contributed by atoms with Crippen LogP contribution < -0.4 is 17.3 Å². The van der Waals surface area contributed by atoms with Crippen LogP contribution in [-0.2, 0) is 9.59 Å². The first kappa shape index (κ1) is 25.3. The Morgan fingerprint density at radius 3 is 2.47 bits per heavy atom. The van der Waals surface area contributed by atoms with E-state index >= 15 is 0 Å². The molecule has 1 unspecified atom stereocenters. The molecule has 0 spiro atoms. The predicted molar refractivity (Wildman–Crippen MR) is 119 cm³/mol. The van der Waals surface area contributed by atoms with E-state index in [0.717, 1.165) is 37.4 Å². The summed E-state index contributed by atoms with van der Waals surface area (Å²) in [7, 11) is 0. The van der Waals surface area contributed by atoms with Crippen LogP contribution in [0.1, 0.15) is 57.4 Å². The fourth-order valence-corrected chi connectivity index (χ4v) is 3.88. The lowest BCUT2D eigenvalue weighted by molar-refractivity contribution is -0.127. The largest absolute Gasteiger partial charge is 0.507 e. The number of amidine groups is 1. The Hall–Kier alpha value is -2.75. The zero-order valence-electron chi connectivity index (χ0n) is 17.3. The average molecular weight is 438 g/mol. The minimum absolute atomic E-state index is 0.0826. The van der Waals surface area contributed by atoms with E-state index in [1.54, 1.807) is 18.2 Å². The highest BCUT2D eigenvalue weighted by molar-refractivity contribution is 8.15. The summed E-state index contributed by atoms with van der Waals surface area (Å²) in [5.74, 6) is 4.63. The van der Waals surface area contributed by atoms with Gasteiger partial charge in [-0.3, -0.25) is 19.3 Å². The highest BCUT2D eigenvalue weighted by atomic mass is 32.2. The highest BCUT2D eigenvalue weighted by Crippen LogP contribution is 2.30. The summed E-state index contributed by atoms with van der Waals surface area (Å²) in [6.45, 7) is 2.44. The van der Waals surface area contributed by atoms with Gasteiger partial charge in [-0.1, -0.05) is 56.5 Å². The minimum atomic E-state index is -0.400. The molecule has 1 aliphatic heterocycles. The maximum Gasteiger partial charge on any atom is 0.289 e. The first-order valence-corrected chi connectivity index (χ1v) is 10.8. The first-order valence-electron chi connectivity index (χ1n) is 9.93. The van der Waals surface area contributed by atoms with Gasteiger partial charge in [0.05, 0.1) is 10.8 Å². The molecule has 0 radical (unpaired) electrons. The number of phenols is 1. The van der Waals surface area contributed by atoms with Crippen molar-refractivity contribution in [1.29, 1.82) is 0 Å². The van der Waals surface area contributed by atoms with Crippen molar-refractivity contribution in [2.75, 3.05) is 6.54 Å². The van der Waals surface area contributed by atoms with Gasteiger partial charge in [-0.2, -0.15) is 5.10 Å². The normalized spacial score (nSPS) is 16.4. The number of hydrogen-bond acceptors (Lipinski definition) is 7. The number of unbranched alkanes of at least 4 members (excludes halogenated alkanes) is 3. The number of hydrogen-bond donors (Lipinski definition) is 4. The fourth-order valence-electron chi connectivity index (χ4n) is 2.81. The van der Waals surface area contributed by atoms with Crippen LogP contribution in [0, 0.1) is 0 Å². The van der Waals surface area contributed by atoms with Crippen LogP contribution in [0.3, 0.4) is 0 Å². The molecule has 2 rings (SSSR count). The SMILES string of the molecule is CCCCCCC1SC(=O)N(CCCC(N)=O)C1=O.N/N=C(\N)c1ccccc1O. The summed E-state index contributed by atoms with van der Waals surface area (Å²) < 4.78 is 0. The molecular formula is C20H31N5O4S. The highest BCUT2D eigenvalue weighted by Gasteiger charge is 2.38. The molecule has 1 aromatic rings. The van der Waals surface area contributed by atoms with Crippen LogP contribution in [0.25, 0.3) is 0 Å². The number of imide groups is 1. The zero-order chi connectivity index (χ0) is 22.5. The summed E-state index contributed by atoms with van der Waals surface area (Å²) in [6, 6.07) is 6.60. The van der Waals surface area contributed by atoms with E-state index in [2.05, 4.69) is 12.0 Å². The number of carbonyl (C=O) groups excluding carboxylic acids is 3. The number of thioether (sulfide) groups is 1. The Morgan fingerprint density at radius 2 is 1.87 bits per heavy atom. The van der Waals surface area contributed by atoms with Crippen LogP contribution in [0.4, 0.5) is 4.79 Å². The number of rotatable bonds is 10. The summed E-state index contributed by atoms with van der Waals surface area (Å²) in [4.78, 5) is 35.6. The number of primary amides is 1. The second-order valence-electron chi connectivity index (χ2n) is 6.81. The molecule has 3 amide bonds. The monoisotopic (exact) mass is 437 g/mol. The molecule has 1 aliphatic rings. The van der Waals surface area contributed by atoms with Crippen LogP contribution in [0.5, 0.6) is 5.75 Å². The third-order valence-corrected chi connectivity index (χ3v) is 5.59. The molecule has 1 saturated heterocycles. The Kier molecular flexibility index (Phi) is 11.4. The van der Waals surface area contributed by atoms with Crippen molar-refractivity contribution in [1.82, 2.24) is 4.90 Å². The van der Waals surface area contributed by atoms with Crippen molar-refractivity contribution in [2.45, 2.75) is 57.1 Å². The number of hydrazone groups is 1. The number of para-hydroxylation sites is 1. The molecule has 166 valence electrons. The lowest BCUT2D eigenvalue weighted by Crippen LogP contribution is -2.32. The van der Waals surface area contributed by atoms with Crippen LogP contribution in [0.15, 0.2) is 29.4 Å². The van der Waals surface area contributed by atoms with Crippen molar-refractivity contribution in [3.63, 3.8) is 0 Å². The van der Waals surface area contributed by atoms with Gasteiger partial charge in [0.15, 0.2) is 5.84 Å². The second kappa shape index (κ2) is 13.5. The number of benzene rings is 1. The van der Waals surface area contributed by atoms with Crippen molar-refractivity contribution in [2.24, 2.45) is 22.4 Å². The van der Waals surface area contributed by atoms with Gasteiger partial charge in [-0.25, -0.2) is 0 Å². The predicted octanol–water partition coefficient (Wildman–Crippen LogP) is 2.26. The lowest BCUT2D eigenvalue weighted by atomic mass is 10.1. The van der Waals surface area contributed by atoms with Gasteiger partial charge in [0.25, 0.3) is 5.24 Å². The molecule has 1 aromatic carbocycles. The Balaban J connectivity index is 0.000000346. The second-order valence-corrected chi connectivity index (χ2v) is 7.97. The van der Waals surface area contributed by atoms with Crippen molar-refractivity contribution in [3.05, 3.63) is 29.8 Å². The van der Waals surface area contributed by atoms with E-state index in [9.17, 15) is 19.5 Å². The molecule has 1 fully saturated rings. The third kappa shape index (κ3) is 8.32. The van der Waals surface area contributed by atoms with Crippen LogP contribution in [-0.4, -0.2) is 44.7 Å². The van der Waals surface area contributed by atoms with E-state index in [1.807, 2.05) is 0 Å². The van der Waals surface area contributed by atoms with Gasteiger partial charge in [-0.05, 0) is 25.0 Å². The van der Waals surface area contributed by atoms with E-state index in [0.29, 0.717) is 18.5 Å². The van der Waals surface area contributed by atoms with Gasteiger partial charge in [0, 0.05) is 13.0 Å². The maximum atomic E-state index is 12.0. The van der Waals surface area contributed by atoms with E-state index in [-0.39, 0.29) is 34.4 Å². The lowest BCUT2D eigenvalue weighted by Gasteiger charge is -2.13. The van der Waals surface area contributed by atoms with Crippen molar-refractivity contribution in [3.8, 4) is 5.75 Å². The maximum absolute atomic E-state index is 12.0. The molecule has 10 heteroatoms. The molecule has 7 N–H and O–H groups in total. The van der Waals surface area contributed by atoms with Gasteiger partial charge >= 0.3 is 0 Å². The third-order valence-electron chi connectivity index (χ3n) is 4.45. The molecule has 0 aromatic heterocycles. The molecule has 1 atom stereocenters. The van der Waals surface area contributed by atoms with Crippen LogP contribution >= 0.6 is 11.8 Å². The van der Waals surface area contributed by atoms with Crippen molar-refractivity contribution < 1.29 is 19.5 Å². The fraction of sp³-hybridized carbons (Fsp3) is 0.500. The number of nitrogens with zero attached hydrogens (tertiary/aromatic N) is 2. The Labute approximate surface area is 181 Å². The summed E-state index contributed by atoms with van der Waals surface area (Å²) >= 11 is 1.12. The number of aromatic hydroxyl groups is 1. The summed E-state index contributed by atoms with van der Waals surface area (Å²) in [5.41, 5.74) is 10.8. The first-order chi connectivity index (χ1) is 14.3. The number of phenolic OH excluding ortho intramolecular Hbond substituents is 1. The molecule has 0 bridgehead atoms. The van der Waals surface area contributed by atoms with Gasteiger partial charge in [-0.15, -0.1) is 0 Å². The standard InChI is InChI=1S/C13H22N2O3S.C7H9N3O/c1-2-3-4-5-7-10-12(17)15(13(18)19-10)9-6-8-11(14)16;8-7(10-9)5-3-1-2-4-6(5)11/h10H,2-9H2,1H3,(H2,14,16);1-4,11H,9H2,(H2,8,10). The van der Waals surface area contributed by atoms with Crippen LogP contribution in [0.2, 0.25) is 0 Å². The molecule has 9 nitrogen and oxygen atoms in total. The average Bonchev–Trinajstić information content (AvgIpc) is 2.99. The number of nitrogens with two attached hydrogens (primary N) is 3. The van der Waals surface area contributed by atoms with E-state index < -0.39 is 5.91 Å². The van der Waals surface area contributed by atoms with Gasteiger partial charge < -0.3 is 22.4 Å². The quantitative estimate of drug-likeness (QED) is 0.143. The van der Waals surface area contributed by atoms with Crippen molar-refractivity contribution >= 4 is 34.7 Å². The zero-order valence-corrected chi connectivity index (χ0v) is 18.1. The molecule has 0 saturated carbocycles. The Bertz CT molecular complexity index is 756. The molecule has 1 heterocycles. The smallest absolute Gasteiger partial charge is 0.289 e. The Morgan fingerprint density at radius 1 is 1.17 bits per heavy atom. The molecule has 30 heavy (non-hydrogen) atoms. The topological polar surface area (TPSA) is 165 Å². The van der Waals surface area contributed by atoms with E-state index in [4.69, 9.17) is 17.3 Å². The summed E-state index contributed by atoms with van der Waals surface area (Å²) in [5, 5.41) is 12.0. The van der Waals surface area contributed by atoms with Gasteiger partial charge in [0.2, 0.25) is 11.8 Å².